The quantitative estimate of drug-likeness (QED) is 0.321. The van der Waals surface area contributed by atoms with Gasteiger partial charge in [0.05, 0.1) is 5.82 Å². The van der Waals surface area contributed by atoms with Gasteiger partial charge in [-0.1, -0.05) is 0 Å². The van der Waals surface area contributed by atoms with E-state index in [-0.39, 0.29) is 31.0 Å². The molecule has 0 amide bonds. The van der Waals surface area contributed by atoms with E-state index < -0.39 is 11.9 Å². The number of carbonyl (C=O) groups is 2. The zero-order valence-corrected chi connectivity index (χ0v) is 10.9. The SMILES string of the molecule is CC(=O)O.CC(=O)O.CC=C(N)N.[H-].[Na+]. The molecule has 0 saturated heterocycles. The summed E-state index contributed by atoms with van der Waals surface area (Å²) >= 11 is 0. The molecule has 0 unspecified atom stereocenters. The smallest absolute Gasteiger partial charge is 1.00 e. The summed E-state index contributed by atoms with van der Waals surface area (Å²) < 4.78 is 0. The number of carboxylic acid groups (broad SMARTS) is 2. The first-order valence-corrected chi connectivity index (χ1v) is 3.30. The number of hydrogen-bond acceptors (Lipinski definition) is 4. The Labute approximate surface area is 107 Å². The topological polar surface area (TPSA) is 127 Å². The summed E-state index contributed by atoms with van der Waals surface area (Å²) in [4.78, 5) is 18.0. The van der Waals surface area contributed by atoms with E-state index in [1.54, 1.807) is 13.0 Å². The molecule has 0 bridgehead atoms. The van der Waals surface area contributed by atoms with E-state index in [2.05, 4.69) is 0 Å². The summed E-state index contributed by atoms with van der Waals surface area (Å²) in [6, 6.07) is 0. The summed E-state index contributed by atoms with van der Waals surface area (Å²) in [5.74, 6) is -1.29. The van der Waals surface area contributed by atoms with Crippen molar-refractivity contribution in [3.8, 4) is 0 Å². The van der Waals surface area contributed by atoms with Crippen molar-refractivity contribution in [2.45, 2.75) is 20.8 Å². The third-order valence-electron chi connectivity index (χ3n) is 0.333. The Bertz CT molecular complexity index is 164. The average Bonchev–Trinajstić information content (AvgIpc) is 1.84. The van der Waals surface area contributed by atoms with Crippen molar-refractivity contribution in [3.63, 3.8) is 0 Å². The van der Waals surface area contributed by atoms with Crippen molar-refractivity contribution in [1.29, 1.82) is 0 Å². The number of nitrogens with two attached hydrogens (primary N) is 2. The molecule has 0 spiro atoms. The fraction of sp³-hybridized carbons (Fsp3) is 0.429. The molecule has 0 saturated carbocycles. The van der Waals surface area contributed by atoms with Gasteiger partial charge in [-0.15, -0.1) is 0 Å². The van der Waals surface area contributed by atoms with Gasteiger partial charge >= 0.3 is 29.6 Å². The maximum absolute atomic E-state index is 9.00. The molecule has 0 aliphatic heterocycles. The summed E-state index contributed by atoms with van der Waals surface area (Å²) in [5, 5.41) is 14.8. The van der Waals surface area contributed by atoms with Crippen LogP contribution in [0.4, 0.5) is 0 Å². The van der Waals surface area contributed by atoms with Crippen LogP contribution in [0.25, 0.3) is 0 Å². The Balaban J connectivity index is -0.0000000315. The number of hydrogen-bond donors (Lipinski definition) is 4. The van der Waals surface area contributed by atoms with Crippen LogP contribution in [0.1, 0.15) is 22.2 Å². The molecule has 0 rings (SSSR count). The molecule has 7 heteroatoms. The predicted octanol–water partition coefficient (Wildman–Crippen LogP) is -2.94. The molecule has 0 fully saturated rings. The second kappa shape index (κ2) is 18.1. The molecular weight excluding hydrogens is 199 g/mol. The third-order valence-corrected chi connectivity index (χ3v) is 0.333. The Morgan fingerprint density at radius 1 is 1.14 bits per heavy atom. The fourth-order valence-corrected chi connectivity index (χ4v) is 0. The summed E-state index contributed by atoms with van der Waals surface area (Å²) in [6.45, 7) is 3.95. The maximum Gasteiger partial charge on any atom is 1.00 e. The second-order valence-corrected chi connectivity index (χ2v) is 1.83. The first-order valence-electron chi connectivity index (χ1n) is 3.30. The molecule has 0 radical (unpaired) electrons. The second-order valence-electron chi connectivity index (χ2n) is 1.83. The average molecular weight is 216 g/mol. The fourth-order valence-electron chi connectivity index (χ4n) is 0. The third kappa shape index (κ3) is 728. The summed E-state index contributed by atoms with van der Waals surface area (Å²) in [7, 11) is 0. The van der Waals surface area contributed by atoms with E-state index in [1.165, 1.54) is 0 Å². The van der Waals surface area contributed by atoms with E-state index in [0.717, 1.165) is 13.8 Å². The molecule has 80 valence electrons. The summed E-state index contributed by atoms with van der Waals surface area (Å²) in [6.07, 6.45) is 1.64. The minimum Gasteiger partial charge on any atom is -1.00 e. The molecule has 0 aromatic rings. The van der Waals surface area contributed by atoms with E-state index in [9.17, 15) is 0 Å². The van der Waals surface area contributed by atoms with Gasteiger partial charge in [-0.3, -0.25) is 9.59 Å². The van der Waals surface area contributed by atoms with Crippen LogP contribution in [-0.4, -0.2) is 22.2 Å². The van der Waals surface area contributed by atoms with Crippen LogP contribution in [0, 0.1) is 0 Å². The molecule has 6 nitrogen and oxygen atoms in total. The molecule has 0 atom stereocenters. The normalized spacial score (nSPS) is 5.93. The van der Waals surface area contributed by atoms with Crippen LogP contribution < -0.4 is 41.0 Å². The van der Waals surface area contributed by atoms with E-state index in [1.807, 2.05) is 0 Å². The Kier molecular flexibility index (Phi) is 30.1. The molecule has 0 aromatic carbocycles. The van der Waals surface area contributed by atoms with Gasteiger partial charge in [0.1, 0.15) is 0 Å². The zero-order valence-electron chi connectivity index (χ0n) is 9.94. The van der Waals surface area contributed by atoms with Gasteiger partial charge in [-0.05, 0) is 13.0 Å². The molecule has 0 heterocycles. The molecular formula is C7H17N2NaO4. The number of carboxylic acids is 2. The predicted molar refractivity (Wildman–Crippen MR) is 49.9 cm³/mol. The van der Waals surface area contributed by atoms with Gasteiger partial charge < -0.3 is 23.1 Å². The summed E-state index contributed by atoms with van der Waals surface area (Å²) in [5.41, 5.74) is 9.86. The maximum atomic E-state index is 9.00. The van der Waals surface area contributed by atoms with Crippen molar-refractivity contribution in [2.75, 3.05) is 0 Å². The van der Waals surface area contributed by atoms with Gasteiger partial charge in [-0.2, -0.15) is 0 Å². The van der Waals surface area contributed by atoms with Crippen LogP contribution in [-0.2, 0) is 9.59 Å². The minimum atomic E-state index is -0.833. The van der Waals surface area contributed by atoms with Crippen LogP contribution in [0.5, 0.6) is 0 Å². The molecule has 0 aromatic heterocycles. The molecule has 6 N–H and O–H groups in total. The standard InChI is InChI=1S/C3H8N2.2C2H4O2.Na.H/c1-2-3(4)5;2*1-2(3)4;;/h2H,4-5H2,1H3;2*1H3,(H,3,4);;/q;;;+1;-1. The number of aliphatic carboxylic acids is 2. The Morgan fingerprint density at radius 3 is 1.21 bits per heavy atom. The van der Waals surface area contributed by atoms with Crippen LogP contribution in [0.2, 0.25) is 0 Å². The first-order chi connectivity index (χ1) is 5.73. The molecule has 0 aliphatic carbocycles. The van der Waals surface area contributed by atoms with Crippen molar-refractivity contribution >= 4 is 11.9 Å². The van der Waals surface area contributed by atoms with E-state index in [4.69, 9.17) is 31.3 Å². The van der Waals surface area contributed by atoms with E-state index >= 15 is 0 Å². The number of rotatable bonds is 0. The van der Waals surface area contributed by atoms with Gasteiger partial charge in [0, 0.05) is 13.8 Å². The first kappa shape index (κ1) is 23.3. The Morgan fingerprint density at radius 2 is 1.21 bits per heavy atom. The van der Waals surface area contributed by atoms with Crippen molar-refractivity contribution in [1.82, 2.24) is 0 Å². The van der Waals surface area contributed by atoms with Crippen molar-refractivity contribution < 1.29 is 50.8 Å². The van der Waals surface area contributed by atoms with Crippen LogP contribution in [0.15, 0.2) is 11.9 Å². The van der Waals surface area contributed by atoms with Crippen molar-refractivity contribution in [3.05, 3.63) is 11.9 Å². The van der Waals surface area contributed by atoms with E-state index in [0.29, 0.717) is 5.82 Å². The van der Waals surface area contributed by atoms with Gasteiger partial charge in [0.25, 0.3) is 11.9 Å². The van der Waals surface area contributed by atoms with Gasteiger partial charge in [-0.25, -0.2) is 0 Å². The van der Waals surface area contributed by atoms with Crippen LogP contribution >= 0.6 is 0 Å². The molecule has 14 heavy (non-hydrogen) atoms. The molecule has 0 aliphatic rings. The largest absolute Gasteiger partial charge is 1.00 e. The van der Waals surface area contributed by atoms with Crippen molar-refractivity contribution in [2.24, 2.45) is 11.5 Å². The van der Waals surface area contributed by atoms with Gasteiger partial charge in [0.2, 0.25) is 0 Å². The zero-order chi connectivity index (χ0) is 11.4. The monoisotopic (exact) mass is 216 g/mol. The van der Waals surface area contributed by atoms with Crippen LogP contribution in [0.3, 0.4) is 0 Å². The number of allylic oxidation sites excluding steroid dienone is 1. The Hall–Kier alpha value is -0.720. The van der Waals surface area contributed by atoms with Gasteiger partial charge in [0.15, 0.2) is 0 Å². The minimum absolute atomic E-state index is 0.